The summed E-state index contributed by atoms with van der Waals surface area (Å²) in [4.78, 5) is 20.8. The fourth-order valence-electron chi connectivity index (χ4n) is 2.76. The third-order valence-corrected chi connectivity index (χ3v) is 5.15. The average molecular weight is 497 g/mol. The predicted molar refractivity (Wildman–Crippen MR) is 108 cm³/mol. The van der Waals surface area contributed by atoms with Gasteiger partial charge < -0.3 is 5.32 Å². The molecule has 0 bridgehead atoms. The second kappa shape index (κ2) is 7.69. The van der Waals surface area contributed by atoms with Gasteiger partial charge in [-0.15, -0.1) is 0 Å². The Morgan fingerprint density at radius 2 is 1.87 bits per heavy atom. The Balaban J connectivity index is 1.86. The fraction of sp³-hybridized carbons (Fsp3) is 0.0526. The third-order valence-electron chi connectivity index (χ3n) is 4.12. The number of aromatic nitrogens is 4. The van der Waals surface area contributed by atoms with Crippen molar-refractivity contribution in [3.8, 4) is 11.3 Å². The van der Waals surface area contributed by atoms with Crippen LogP contribution >= 0.6 is 27.5 Å². The second-order valence-corrected chi connectivity index (χ2v) is 7.24. The van der Waals surface area contributed by atoms with Crippen molar-refractivity contribution in [1.82, 2.24) is 19.6 Å². The number of amides is 1. The Bertz CT molecular complexity index is 1260. The van der Waals surface area contributed by atoms with E-state index in [4.69, 9.17) is 11.6 Å². The van der Waals surface area contributed by atoms with Crippen LogP contribution in [-0.2, 0) is 6.18 Å². The van der Waals surface area contributed by atoms with Crippen LogP contribution in [0.15, 0.2) is 59.2 Å². The van der Waals surface area contributed by atoms with Crippen LogP contribution in [0.1, 0.15) is 16.2 Å². The van der Waals surface area contributed by atoms with E-state index in [1.807, 2.05) is 0 Å². The monoisotopic (exact) mass is 495 g/mol. The molecule has 1 amide bonds. The summed E-state index contributed by atoms with van der Waals surface area (Å²) in [6.07, 6.45) is -3.29. The topological polar surface area (TPSA) is 72.2 Å². The van der Waals surface area contributed by atoms with Crippen molar-refractivity contribution in [3.63, 3.8) is 0 Å². The largest absolute Gasteiger partial charge is 0.433 e. The number of alkyl halides is 3. The number of nitrogens with zero attached hydrogens (tertiary/aromatic N) is 4. The number of hydrogen-bond acceptors (Lipinski definition) is 4. The van der Waals surface area contributed by atoms with Crippen LogP contribution in [-0.4, -0.2) is 25.5 Å². The molecule has 1 N–H and O–H groups in total. The van der Waals surface area contributed by atoms with Crippen LogP contribution in [0.25, 0.3) is 16.9 Å². The lowest BCUT2D eigenvalue weighted by Gasteiger charge is -2.11. The van der Waals surface area contributed by atoms with Gasteiger partial charge in [0.1, 0.15) is 0 Å². The maximum absolute atomic E-state index is 13.7. The number of rotatable bonds is 3. The first-order valence-electron chi connectivity index (χ1n) is 8.39. The summed E-state index contributed by atoms with van der Waals surface area (Å²) in [5.41, 5.74) is -0.707. The smallest absolute Gasteiger partial charge is 0.318 e. The Morgan fingerprint density at radius 1 is 1.13 bits per heavy atom. The van der Waals surface area contributed by atoms with Gasteiger partial charge in [0.25, 0.3) is 5.91 Å². The van der Waals surface area contributed by atoms with Crippen LogP contribution in [0.2, 0.25) is 5.15 Å². The van der Waals surface area contributed by atoms with Gasteiger partial charge in [-0.25, -0.2) is 14.5 Å². The lowest BCUT2D eigenvalue weighted by Crippen LogP contribution is -2.16. The van der Waals surface area contributed by atoms with Crippen LogP contribution in [0.3, 0.4) is 0 Å². The van der Waals surface area contributed by atoms with Crippen molar-refractivity contribution in [2.24, 2.45) is 0 Å². The highest BCUT2D eigenvalue weighted by Gasteiger charge is 2.36. The van der Waals surface area contributed by atoms with Crippen LogP contribution in [0.4, 0.5) is 18.9 Å². The fourth-order valence-corrected chi connectivity index (χ4v) is 3.44. The van der Waals surface area contributed by atoms with Gasteiger partial charge in [0.05, 0.1) is 15.9 Å². The van der Waals surface area contributed by atoms with Crippen LogP contribution in [0.5, 0.6) is 0 Å². The molecule has 3 aromatic heterocycles. The van der Waals surface area contributed by atoms with Crippen molar-refractivity contribution in [3.05, 3.63) is 75.7 Å². The zero-order valence-electron chi connectivity index (χ0n) is 14.8. The molecule has 0 aliphatic rings. The van der Waals surface area contributed by atoms with Gasteiger partial charge in [0.2, 0.25) is 0 Å². The molecular formula is C19H10BrClF3N5O. The number of nitrogens with one attached hydrogen (secondary N) is 1. The number of pyridine rings is 1. The first-order chi connectivity index (χ1) is 14.3. The molecule has 0 saturated carbocycles. The summed E-state index contributed by atoms with van der Waals surface area (Å²) in [5.74, 6) is -0.767. The van der Waals surface area contributed by atoms with Crippen LogP contribution < -0.4 is 5.32 Å². The van der Waals surface area contributed by atoms with E-state index in [-0.39, 0.29) is 32.3 Å². The minimum atomic E-state index is -4.73. The molecule has 0 spiro atoms. The summed E-state index contributed by atoms with van der Waals surface area (Å²) in [7, 11) is 0. The van der Waals surface area contributed by atoms with Crippen LogP contribution in [0, 0.1) is 0 Å². The molecule has 0 saturated heterocycles. The Kier molecular flexibility index (Phi) is 5.20. The van der Waals surface area contributed by atoms with E-state index in [0.717, 1.165) is 6.07 Å². The van der Waals surface area contributed by atoms with Gasteiger partial charge in [0, 0.05) is 11.8 Å². The zero-order valence-corrected chi connectivity index (χ0v) is 17.1. The molecule has 0 atom stereocenters. The van der Waals surface area contributed by atoms with Gasteiger partial charge in [-0.05, 0) is 34.1 Å². The molecule has 0 aliphatic carbocycles. The second-order valence-electron chi connectivity index (χ2n) is 6.08. The molecule has 0 unspecified atom stereocenters. The molecule has 0 radical (unpaired) electrons. The molecule has 11 heteroatoms. The number of anilines is 1. The summed E-state index contributed by atoms with van der Waals surface area (Å²) in [5, 5.41) is 6.37. The van der Waals surface area contributed by atoms with Gasteiger partial charge in [-0.3, -0.25) is 4.79 Å². The molecule has 30 heavy (non-hydrogen) atoms. The van der Waals surface area contributed by atoms with E-state index in [9.17, 15) is 18.0 Å². The Morgan fingerprint density at radius 3 is 2.53 bits per heavy atom. The first kappa shape index (κ1) is 20.3. The molecule has 1 aromatic carbocycles. The molecule has 0 fully saturated rings. The molecule has 4 rings (SSSR count). The lowest BCUT2D eigenvalue weighted by atomic mass is 10.1. The van der Waals surface area contributed by atoms with Crippen molar-refractivity contribution >= 4 is 44.8 Å². The number of halogens is 5. The normalized spacial score (nSPS) is 11.6. The summed E-state index contributed by atoms with van der Waals surface area (Å²) in [6.45, 7) is 0. The molecule has 0 aliphatic heterocycles. The summed E-state index contributed by atoms with van der Waals surface area (Å²) in [6, 6.07) is 12.4. The first-order valence-corrected chi connectivity index (χ1v) is 9.56. The predicted octanol–water partition coefficient (Wildman–Crippen LogP) is 5.48. The number of benzene rings is 1. The lowest BCUT2D eigenvalue weighted by molar-refractivity contribution is -0.142. The van der Waals surface area contributed by atoms with E-state index < -0.39 is 17.8 Å². The maximum Gasteiger partial charge on any atom is 0.433 e. The molecule has 6 nitrogen and oxygen atoms in total. The molecule has 3 heterocycles. The van der Waals surface area contributed by atoms with E-state index in [1.165, 1.54) is 12.3 Å². The zero-order chi connectivity index (χ0) is 21.5. The highest BCUT2D eigenvalue weighted by Crippen LogP contribution is 2.35. The highest BCUT2D eigenvalue weighted by molar-refractivity contribution is 9.10. The molecular weight excluding hydrogens is 487 g/mol. The molecule has 152 valence electrons. The van der Waals surface area contributed by atoms with E-state index in [2.05, 4.69) is 36.3 Å². The Hall–Kier alpha value is -2.98. The van der Waals surface area contributed by atoms with E-state index in [1.54, 1.807) is 36.4 Å². The quantitative estimate of drug-likeness (QED) is 0.381. The Labute approximate surface area is 180 Å². The minimum absolute atomic E-state index is 0.0169. The van der Waals surface area contributed by atoms with Gasteiger partial charge in [-0.2, -0.15) is 18.3 Å². The number of carbonyl (C=O) groups is 1. The van der Waals surface area contributed by atoms with Gasteiger partial charge in [0.15, 0.2) is 22.2 Å². The standard InChI is InChI=1S/C19H10BrClF3N5O/c20-14-15(18(30)27-11-7-4-8-25-16(11)21)28-29-13(19(22,23)24)9-12(26-17(14)29)10-5-2-1-3-6-10/h1-9H,(H,27,30). The van der Waals surface area contributed by atoms with Crippen molar-refractivity contribution < 1.29 is 18.0 Å². The highest BCUT2D eigenvalue weighted by atomic mass is 79.9. The number of hydrogen-bond donors (Lipinski definition) is 1. The summed E-state index contributed by atoms with van der Waals surface area (Å²) < 4.78 is 41.8. The number of fused-ring (bicyclic) bond motifs is 1. The van der Waals surface area contributed by atoms with Crippen molar-refractivity contribution in [2.75, 3.05) is 5.32 Å². The van der Waals surface area contributed by atoms with Crippen molar-refractivity contribution in [2.45, 2.75) is 6.18 Å². The van der Waals surface area contributed by atoms with E-state index >= 15 is 0 Å². The minimum Gasteiger partial charge on any atom is -0.318 e. The molecule has 4 aromatic rings. The average Bonchev–Trinajstić information content (AvgIpc) is 3.05. The van der Waals surface area contributed by atoms with Crippen molar-refractivity contribution in [1.29, 1.82) is 0 Å². The third kappa shape index (κ3) is 3.75. The van der Waals surface area contributed by atoms with Gasteiger partial charge in [-0.1, -0.05) is 41.9 Å². The summed E-state index contributed by atoms with van der Waals surface area (Å²) >= 11 is 9.09. The maximum atomic E-state index is 13.7. The van der Waals surface area contributed by atoms with Gasteiger partial charge >= 0.3 is 6.18 Å². The number of carbonyl (C=O) groups excluding carboxylic acids is 1. The van der Waals surface area contributed by atoms with E-state index in [0.29, 0.717) is 10.1 Å². The SMILES string of the molecule is O=C(Nc1cccnc1Cl)c1nn2c(C(F)(F)F)cc(-c3ccccc3)nc2c1Br.